The summed E-state index contributed by atoms with van der Waals surface area (Å²) in [6, 6.07) is 21.4. The van der Waals surface area contributed by atoms with Gasteiger partial charge in [-0.1, -0.05) is 77.5 Å². The van der Waals surface area contributed by atoms with Crippen LogP contribution in [0.4, 0.5) is 5.95 Å². The zero-order valence-electron chi connectivity index (χ0n) is 22.3. The molecule has 2 heterocycles. The maximum atomic E-state index is 13.3. The Morgan fingerprint density at radius 2 is 1.95 bits per heavy atom. The van der Waals surface area contributed by atoms with Crippen molar-refractivity contribution in [2.45, 2.75) is 49.7 Å². The summed E-state index contributed by atoms with van der Waals surface area (Å²) in [6.45, 7) is 2.49. The van der Waals surface area contributed by atoms with Gasteiger partial charge in [0.25, 0.3) is 0 Å². The third kappa shape index (κ3) is 5.33. The molecule has 0 saturated heterocycles. The third-order valence-electron chi connectivity index (χ3n) is 7.14. The molecule has 7 nitrogen and oxygen atoms in total. The largest absolute Gasteiger partial charge is 0.493 e. The van der Waals surface area contributed by atoms with Crippen LogP contribution < -0.4 is 14.8 Å². The number of carbonyl (C=O) groups excluding carboxylic acids is 1. The van der Waals surface area contributed by atoms with Crippen LogP contribution in [0.15, 0.2) is 83.2 Å². The number of allylic oxidation sites excluding steroid dienone is 2. The molecule has 9 heteroatoms. The Hall–Kier alpha value is -3.75. The lowest BCUT2D eigenvalue weighted by Crippen LogP contribution is -2.31. The number of carbonyl (C=O) groups is 1. The van der Waals surface area contributed by atoms with Crippen LogP contribution in [0.1, 0.15) is 47.6 Å². The van der Waals surface area contributed by atoms with Gasteiger partial charge in [-0.15, -0.1) is 5.10 Å². The number of fused-ring (bicyclic) bond motifs is 1. The van der Waals surface area contributed by atoms with Gasteiger partial charge in [0.1, 0.15) is 12.6 Å². The number of ketones is 1. The van der Waals surface area contributed by atoms with Gasteiger partial charge in [-0.05, 0) is 54.7 Å². The molecule has 204 valence electrons. The minimum Gasteiger partial charge on any atom is -0.493 e. The molecule has 0 fully saturated rings. The number of ether oxygens (including phenoxy) is 2. The highest BCUT2D eigenvalue weighted by Crippen LogP contribution is 2.43. The summed E-state index contributed by atoms with van der Waals surface area (Å²) in [6.07, 6.45) is 2.13. The Bertz CT molecular complexity index is 1620. The van der Waals surface area contributed by atoms with Crippen LogP contribution in [0.2, 0.25) is 5.02 Å². The van der Waals surface area contributed by atoms with Crippen LogP contribution in [0.25, 0.3) is 0 Å². The van der Waals surface area contributed by atoms with E-state index in [-0.39, 0.29) is 5.78 Å². The Kier molecular flexibility index (Phi) is 7.54. The zero-order valence-corrected chi connectivity index (χ0v) is 23.9. The summed E-state index contributed by atoms with van der Waals surface area (Å²) in [7, 11) is 1.63. The standard InChI is InChI=1S/C31H29ClN4O3S/c1-19-7-5-8-20(15-19)17-39-26-14-13-21(16-27(26)38-2)29-28-24(11-6-12-25(28)37)33-30-34-31(35-36(29)30)40-18-22-9-3-4-10-23(22)32/h3-5,7-10,13-16,29H,6,11-12,17-18H2,1-2H3,(H,33,34,35). The SMILES string of the molecule is COc1cc(C2C3=C(CCCC3=O)Nc3nc(SCc4ccccc4Cl)nn32)ccc1OCc1cccc(C)c1. The van der Waals surface area contributed by atoms with Crippen molar-refractivity contribution in [2.75, 3.05) is 12.4 Å². The van der Waals surface area contributed by atoms with Crippen molar-refractivity contribution < 1.29 is 14.3 Å². The summed E-state index contributed by atoms with van der Waals surface area (Å²) >= 11 is 7.87. The number of aromatic nitrogens is 3. The van der Waals surface area contributed by atoms with Gasteiger partial charge in [-0.25, -0.2) is 4.68 Å². The second-order valence-corrected chi connectivity index (χ2v) is 11.3. The van der Waals surface area contributed by atoms with Crippen LogP contribution >= 0.6 is 23.4 Å². The van der Waals surface area contributed by atoms with Crippen molar-refractivity contribution in [3.63, 3.8) is 0 Å². The molecule has 1 aliphatic heterocycles. The summed E-state index contributed by atoms with van der Waals surface area (Å²) in [5, 5.41) is 9.57. The number of hydrogen-bond acceptors (Lipinski definition) is 7. The first kappa shape index (κ1) is 26.5. The molecule has 2 aliphatic rings. The van der Waals surface area contributed by atoms with E-state index in [0.29, 0.717) is 41.4 Å². The molecular formula is C31H29ClN4O3S. The Morgan fingerprint density at radius 3 is 2.77 bits per heavy atom. The molecular weight excluding hydrogens is 544 g/mol. The predicted molar refractivity (Wildman–Crippen MR) is 157 cm³/mol. The van der Waals surface area contributed by atoms with Crippen molar-refractivity contribution in [3.05, 3.63) is 105 Å². The summed E-state index contributed by atoms with van der Waals surface area (Å²) < 4.78 is 13.7. The maximum absolute atomic E-state index is 13.3. The van der Waals surface area contributed by atoms with Crippen LogP contribution in [0, 0.1) is 6.92 Å². The van der Waals surface area contributed by atoms with E-state index < -0.39 is 6.04 Å². The van der Waals surface area contributed by atoms with Crippen molar-refractivity contribution in [2.24, 2.45) is 0 Å². The van der Waals surface area contributed by atoms with E-state index >= 15 is 0 Å². The van der Waals surface area contributed by atoms with Gasteiger partial charge in [0, 0.05) is 28.5 Å². The first-order valence-corrected chi connectivity index (χ1v) is 14.6. The van der Waals surface area contributed by atoms with E-state index in [4.69, 9.17) is 31.2 Å². The number of Topliss-reactive ketones (excluding diaryl/α,β-unsaturated/α-hetero) is 1. The Balaban J connectivity index is 1.32. The first-order chi connectivity index (χ1) is 19.5. The molecule has 1 unspecified atom stereocenters. The van der Waals surface area contributed by atoms with Crippen LogP contribution in [0.5, 0.6) is 11.5 Å². The van der Waals surface area contributed by atoms with Crippen LogP contribution in [-0.4, -0.2) is 27.7 Å². The van der Waals surface area contributed by atoms with Crippen LogP contribution in [-0.2, 0) is 17.2 Å². The number of halogens is 1. The molecule has 40 heavy (non-hydrogen) atoms. The van der Waals surface area contributed by atoms with E-state index in [1.165, 1.54) is 17.3 Å². The molecule has 1 atom stereocenters. The second kappa shape index (κ2) is 11.4. The lowest BCUT2D eigenvalue weighted by molar-refractivity contribution is -0.116. The fraction of sp³-hybridized carbons (Fsp3) is 0.258. The summed E-state index contributed by atoms with van der Waals surface area (Å²) in [5.74, 6) is 2.63. The predicted octanol–water partition coefficient (Wildman–Crippen LogP) is 7.14. The van der Waals surface area contributed by atoms with E-state index in [1.54, 1.807) is 7.11 Å². The van der Waals surface area contributed by atoms with Gasteiger partial charge in [0.2, 0.25) is 11.1 Å². The van der Waals surface area contributed by atoms with E-state index in [2.05, 4.69) is 24.4 Å². The smallest absolute Gasteiger partial charge is 0.227 e. The quantitative estimate of drug-likeness (QED) is 0.225. The molecule has 0 bridgehead atoms. The van der Waals surface area contributed by atoms with E-state index in [1.807, 2.05) is 59.3 Å². The molecule has 3 aromatic carbocycles. The minimum absolute atomic E-state index is 0.129. The molecule has 6 rings (SSSR count). The average molecular weight is 573 g/mol. The molecule has 1 N–H and O–H groups in total. The van der Waals surface area contributed by atoms with Crippen molar-refractivity contribution >= 4 is 35.1 Å². The number of anilines is 1. The topological polar surface area (TPSA) is 78.3 Å². The Labute approximate surface area is 242 Å². The number of nitrogens with one attached hydrogen (secondary N) is 1. The van der Waals surface area contributed by atoms with Gasteiger partial charge >= 0.3 is 0 Å². The van der Waals surface area contributed by atoms with Crippen molar-refractivity contribution in [1.29, 1.82) is 0 Å². The third-order valence-corrected chi connectivity index (χ3v) is 8.40. The highest BCUT2D eigenvalue weighted by atomic mass is 35.5. The monoisotopic (exact) mass is 572 g/mol. The Morgan fingerprint density at radius 1 is 1.07 bits per heavy atom. The van der Waals surface area contributed by atoms with Gasteiger partial charge < -0.3 is 14.8 Å². The van der Waals surface area contributed by atoms with Crippen molar-refractivity contribution in [3.8, 4) is 11.5 Å². The lowest BCUT2D eigenvalue weighted by Gasteiger charge is -2.32. The number of hydrogen-bond donors (Lipinski definition) is 1. The average Bonchev–Trinajstić information content (AvgIpc) is 3.37. The summed E-state index contributed by atoms with van der Waals surface area (Å²) in [4.78, 5) is 18.0. The van der Waals surface area contributed by atoms with Gasteiger partial charge in [-0.3, -0.25) is 4.79 Å². The molecule has 0 saturated carbocycles. The first-order valence-electron chi connectivity index (χ1n) is 13.2. The number of benzene rings is 3. The van der Waals surface area contributed by atoms with Crippen molar-refractivity contribution in [1.82, 2.24) is 14.8 Å². The van der Waals surface area contributed by atoms with E-state index in [0.717, 1.165) is 45.8 Å². The second-order valence-electron chi connectivity index (χ2n) is 9.93. The van der Waals surface area contributed by atoms with Gasteiger partial charge in [0.15, 0.2) is 17.3 Å². The van der Waals surface area contributed by atoms with E-state index in [9.17, 15) is 4.79 Å². The zero-order chi connectivity index (χ0) is 27.6. The number of rotatable bonds is 8. The number of aryl methyl sites for hydroxylation is 1. The fourth-order valence-corrected chi connectivity index (χ4v) is 6.32. The molecule has 0 amide bonds. The molecule has 1 aromatic heterocycles. The van der Waals surface area contributed by atoms with Crippen LogP contribution in [0.3, 0.4) is 0 Å². The fourth-order valence-electron chi connectivity index (χ4n) is 5.20. The molecule has 1 aliphatic carbocycles. The number of methoxy groups -OCH3 is 1. The lowest BCUT2D eigenvalue weighted by atomic mass is 9.85. The van der Waals surface area contributed by atoms with Gasteiger partial charge in [0.05, 0.1) is 7.11 Å². The summed E-state index contributed by atoms with van der Waals surface area (Å²) in [5.41, 5.74) is 5.83. The maximum Gasteiger partial charge on any atom is 0.227 e. The molecule has 4 aromatic rings. The molecule has 0 radical (unpaired) electrons. The highest BCUT2D eigenvalue weighted by molar-refractivity contribution is 7.98. The number of nitrogens with zero attached hydrogens (tertiary/aromatic N) is 3. The van der Waals surface area contributed by atoms with Gasteiger partial charge in [-0.2, -0.15) is 4.98 Å². The highest BCUT2D eigenvalue weighted by Gasteiger charge is 2.37. The minimum atomic E-state index is -0.416. The normalized spacial score (nSPS) is 16.3. The number of thioether (sulfide) groups is 1. The molecule has 0 spiro atoms.